The van der Waals surface area contributed by atoms with E-state index in [0.717, 1.165) is 10.8 Å². The summed E-state index contributed by atoms with van der Waals surface area (Å²) in [5.41, 5.74) is -2.93. The van der Waals surface area contributed by atoms with Crippen molar-refractivity contribution in [3.8, 4) is 5.75 Å². The molecule has 0 bridgehead atoms. The molecule has 1 fully saturated rings. The van der Waals surface area contributed by atoms with Crippen LogP contribution in [0.2, 0.25) is 0 Å². The summed E-state index contributed by atoms with van der Waals surface area (Å²) < 4.78 is 6.41. The van der Waals surface area contributed by atoms with Crippen LogP contribution in [0.1, 0.15) is 13.3 Å². The molecule has 19 heavy (non-hydrogen) atoms. The van der Waals surface area contributed by atoms with Crippen LogP contribution in [0.5, 0.6) is 5.75 Å². The fraction of sp³-hybridized carbons (Fsp3) is 0.600. The average molecular weight is 274 g/mol. The highest BCUT2D eigenvalue weighted by Gasteiger charge is 2.44. The maximum Gasteiger partial charge on any atom is 0.330 e. The van der Waals surface area contributed by atoms with Gasteiger partial charge in [0.2, 0.25) is 5.75 Å². The maximum absolute atomic E-state index is 11.7. The Morgan fingerprint density at radius 1 is 1.63 bits per heavy atom. The first-order valence-electron chi connectivity index (χ1n) is 5.56. The molecule has 4 N–H and O–H groups in total. The smallest absolute Gasteiger partial charge is 0.330 e. The largest absolute Gasteiger partial charge is 0.394 e. The van der Waals surface area contributed by atoms with E-state index in [9.17, 15) is 14.7 Å². The Balaban J connectivity index is 2.48. The zero-order chi connectivity index (χ0) is 14.2. The molecule has 1 aromatic rings. The highest BCUT2D eigenvalue weighted by Crippen LogP contribution is 2.33. The van der Waals surface area contributed by atoms with Crippen LogP contribution in [0.3, 0.4) is 0 Å². The van der Waals surface area contributed by atoms with Crippen molar-refractivity contribution >= 4 is 0 Å². The van der Waals surface area contributed by atoms with Gasteiger partial charge in [-0.15, -0.1) is 0 Å². The van der Waals surface area contributed by atoms with Crippen molar-refractivity contribution in [3.05, 3.63) is 27.0 Å². The van der Waals surface area contributed by atoms with Crippen molar-refractivity contribution in [2.45, 2.75) is 31.3 Å². The third-order valence-corrected chi connectivity index (χ3v) is 3.12. The fourth-order valence-corrected chi connectivity index (χ4v) is 2.16. The Labute approximate surface area is 106 Å². The first kappa shape index (κ1) is 13.7. The number of rotatable bonds is 3. The molecular formula is C10H14N2O7. The number of aromatic amines is 1. The number of hydrogen-bond acceptors (Lipinski definition) is 7. The van der Waals surface area contributed by atoms with E-state index in [-0.39, 0.29) is 6.42 Å². The van der Waals surface area contributed by atoms with Gasteiger partial charge in [0.05, 0.1) is 18.9 Å². The van der Waals surface area contributed by atoms with Crippen LogP contribution in [-0.4, -0.2) is 43.8 Å². The first-order chi connectivity index (χ1) is 8.91. The number of H-pyrrole nitrogens is 1. The maximum atomic E-state index is 11.7. The van der Waals surface area contributed by atoms with Crippen LogP contribution in [0.25, 0.3) is 0 Å². The zero-order valence-corrected chi connectivity index (χ0v) is 10.1. The van der Waals surface area contributed by atoms with Crippen LogP contribution < -0.4 is 16.1 Å². The Hall–Kier alpha value is -1.68. The van der Waals surface area contributed by atoms with E-state index in [1.807, 2.05) is 4.98 Å². The van der Waals surface area contributed by atoms with Crippen molar-refractivity contribution < 1.29 is 25.1 Å². The lowest BCUT2D eigenvalue weighted by molar-refractivity contribution is -0.142. The van der Waals surface area contributed by atoms with Crippen LogP contribution >= 0.6 is 0 Å². The summed E-state index contributed by atoms with van der Waals surface area (Å²) >= 11 is 0. The van der Waals surface area contributed by atoms with E-state index in [1.165, 1.54) is 6.92 Å². The average Bonchev–Trinajstić information content (AvgIpc) is 2.65. The zero-order valence-electron chi connectivity index (χ0n) is 10.1. The molecule has 0 spiro atoms. The van der Waals surface area contributed by atoms with Gasteiger partial charge in [-0.05, 0) is 6.92 Å². The lowest BCUT2D eigenvalue weighted by Gasteiger charge is -2.26. The Morgan fingerprint density at radius 2 is 2.32 bits per heavy atom. The SMILES string of the molecule is C[C@]1(n2cc(OO)c(=O)[nH]c2=O)C[C@H](O)[C@@H](CO)O1. The third kappa shape index (κ3) is 2.28. The Morgan fingerprint density at radius 3 is 2.84 bits per heavy atom. The summed E-state index contributed by atoms with van der Waals surface area (Å²) in [6, 6.07) is 0. The van der Waals surface area contributed by atoms with E-state index < -0.39 is 41.5 Å². The summed E-state index contributed by atoms with van der Waals surface area (Å²) in [7, 11) is 0. The molecule has 2 heterocycles. The predicted molar refractivity (Wildman–Crippen MR) is 60.8 cm³/mol. The molecule has 0 aromatic carbocycles. The van der Waals surface area contributed by atoms with Crippen molar-refractivity contribution in [1.82, 2.24) is 9.55 Å². The number of nitrogens with one attached hydrogen (secondary N) is 1. The molecule has 1 aromatic heterocycles. The summed E-state index contributed by atoms with van der Waals surface area (Å²) in [6.07, 6.45) is -0.766. The van der Waals surface area contributed by atoms with Gasteiger partial charge in [-0.2, -0.15) is 0 Å². The Bertz CT molecular complexity index is 580. The van der Waals surface area contributed by atoms with E-state index in [2.05, 4.69) is 4.89 Å². The highest BCUT2D eigenvalue weighted by molar-refractivity contribution is 5.12. The topological polar surface area (TPSA) is 134 Å². The molecule has 0 saturated carbocycles. The summed E-state index contributed by atoms with van der Waals surface area (Å²) in [5, 5.41) is 27.3. The quantitative estimate of drug-likeness (QED) is 0.377. The number of ether oxygens (including phenoxy) is 1. The molecule has 0 aliphatic carbocycles. The van der Waals surface area contributed by atoms with E-state index in [4.69, 9.17) is 15.1 Å². The lowest BCUT2D eigenvalue weighted by Crippen LogP contribution is -2.42. The molecule has 0 amide bonds. The molecule has 9 heteroatoms. The van der Waals surface area contributed by atoms with Crippen molar-refractivity contribution in [3.63, 3.8) is 0 Å². The van der Waals surface area contributed by atoms with Gasteiger partial charge in [-0.25, -0.2) is 10.1 Å². The Kier molecular flexibility index (Phi) is 3.45. The highest BCUT2D eigenvalue weighted by atomic mass is 17.1. The van der Waals surface area contributed by atoms with Gasteiger partial charge >= 0.3 is 5.69 Å². The number of aromatic nitrogens is 2. The van der Waals surface area contributed by atoms with Crippen molar-refractivity contribution in [2.75, 3.05) is 6.61 Å². The third-order valence-electron chi connectivity index (χ3n) is 3.12. The van der Waals surface area contributed by atoms with Gasteiger partial charge < -0.3 is 19.8 Å². The fourth-order valence-electron chi connectivity index (χ4n) is 2.16. The molecule has 106 valence electrons. The van der Waals surface area contributed by atoms with Crippen LogP contribution in [-0.2, 0) is 10.5 Å². The van der Waals surface area contributed by atoms with E-state index in [1.54, 1.807) is 0 Å². The van der Waals surface area contributed by atoms with E-state index in [0.29, 0.717) is 0 Å². The molecule has 9 nitrogen and oxygen atoms in total. The summed E-state index contributed by atoms with van der Waals surface area (Å²) in [4.78, 5) is 28.8. The predicted octanol–water partition coefficient (Wildman–Crippen LogP) is -1.80. The minimum absolute atomic E-state index is 0.0368. The van der Waals surface area contributed by atoms with Crippen molar-refractivity contribution in [2.24, 2.45) is 0 Å². The van der Waals surface area contributed by atoms with Gasteiger partial charge in [-0.1, -0.05) is 0 Å². The standard InChI is InChI=1S/C10H14N2O7/c1-10(2-5(14)7(4-13)18-10)12-3-6(19-17)8(15)11-9(12)16/h3,5,7,13-14,17H,2,4H2,1H3,(H,11,15,16)/t5-,7+,10+/m0/s1. The first-order valence-corrected chi connectivity index (χ1v) is 5.56. The number of hydrogen-bond donors (Lipinski definition) is 4. The molecule has 0 radical (unpaired) electrons. The second-order valence-corrected chi connectivity index (χ2v) is 4.50. The van der Waals surface area contributed by atoms with Gasteiger partial charge in [-0.3, -0.25) is 14.3 Å². The van der Waals surface area contributed by atoms with Crippen LogP contribution in [0.15, 0.2) is 15.8 Å². The van der Waals surface area contributed by atoms with Crippen molar-refractivity contribution in [1.29, 1.82) is 0 Å². The van der Waals surface area contributed by atoms with Gasteiger partial charge in [0.1, 0.15) is 11.8 Å². The lowest BCUT2D eigenvalue weighted by atomic mass is 10.1. The van der Waals surface area contributed by atoms with Gasteiger partial charge in [0.25, 0.3) is 5.56 Å². The van der Waals surface area contributed by atoms with Gasteiger partial charge in [0.15, 0.2) is 0 Å². The second kappa shape index (κ2) is 4.78. The summed E-state index contributed by atoms with van der Waals surface area (Å²) in [6.45, 7) is 1.10. The molecule has 1 aliphatic heterocycles. The molecule has 2 rings (SSSR count). The van der Waals surface area contributed by atoms with Crippen LogP contribution in [0, 0.1) is 0 Å². The number of aliphatic hydroxyl groups excluding tert-OH is 2. The van der Waals surface area contributed by atoms with E-state index >= 15 is 0 Å². The molecule has 0 unspecified atom stereocenters. The molecular weight excluding hydrogens is 260 g/mol. The number of aliphatic hydroxyl groups is 2. The number of nitrogens with zero attached hydrogens (tertiary/aromatic N) is 1. The molecule has 1 aliphatic rings. The normalized spacial score (nSPS) is 30.5. The minimum Gasteiger partial charge on any atom is -0.394 e. The second-order valence-electron chi connectivity index (χ2n) is 4.50. The molecule has 3 atom stereocenters. The summed E-state index contributed by atoms with van der Waals surface area (Å²) in [5.74, 6) is -0.480. The minimum atomic E-state index is -1.26. The van der Waals surface area contributed by atoms with Crippen LogP contribution in [0.4, 0.5) is 0 Å². The molecule has 1 saturated heterocycles. The van der Waals surface area contributed by atoms with Gasteiger partial charge in [0, 0.05) is 6.42 Å². The monoisotopic (exact) mass is 274 g/mol.